The maximum absolute atomic E-state index is 8.40. The van der Waals surface area contributed by atoms with Crippen LogP contribution in [0.2, 0.25) is 0 Å². The predicted octanol–water partition coefficient (Wildman–Crippen LogP) is -0.570. The highest BCUT2D eigenvalue weighted by Crippen LogP contribution is 2.11. The fourth-order valence-electron chi connectivity index (χ4n) is 0.590. The van der Waals surface area contributed by atoms with Crippen molar-refractivity contribution in [2.24, 2.45) is 0 Å². The van der Waals surface area contributed by atoms with Gasteiger partial charge >= 0.3 is 0 Å². The van der Waals surface area contributed by atoms with Crippen molar-refractivity contribution in [3.8, 4) is 5.88 Å². The summed E-state index contributed by atoms with van der Waals surface area (Å²) in [4.78, 5) is 7.54. The van der Waals surface area contributed by atoms with E-state index in [2.05, 4.69) is 9.97 Å². The van der Waals surface area contributed by atoms with Crippen LogP contribution in [0, 0.1) is 0 Å². The summed E-state index contributed by atoms with van der Waals surface area (Å²) in [6, 6.07) is 0. The van der Waals surface area contributed by atoms with Crippen molar-refractivity contribution in [2.75, 3.05) is 18.9 Å². The molecule has 0 aliphatic rings. The summed E-state index contributed by atoms with van der Waals surface area (Å²) >= 11 is 0. The molecule has 11 heavy (non-hydrogen) atoms. The second-order valence-corrected chi connectivity index (χ2v) is 1.82. The zero-order chi connectivity index (χ0) is 8.10. The minimum absolute atomic E-state index is 0.0595. The van der Waals surface area contributed by atoms with E-state index >= 15 is 0 Å². The molecule has 0 aliphatic heterocycles. The van der Waals surface area contributed by atoms with Crippen LogP contribution in [0.3, 0.4) is 0 Å². The first-order valence-electron chi connectivity index (χ1n) is 3.14. The molecule has 1 heterocycles. The second kappa shape index (κ2) is 3.72. The summed E-state index contributed by atoms with van der Waals surface area (Å²) < 4.78 is 4.94. The number of rotatable bonds is 3. The predicted molar refractivity (Wildman–Crippen MR) is 39.0 cm³/mol. The van der Waals surface area contributed by atoms with Gasteiger partial charge in [-0.25, -0.2) is 9.97 Å². The molecule has 0 spiro atoms. The maximum atomic E-state index is 8.40. The third-order valence-electron chi connectivity index (χ3n) is 1.02. The molecule has 5 nitrogen and oxygen atoms in total. The van der Waals surface area contributed by atoms with E-state index in [1.54, 1.807) is 0 Å². The first-order chi connectivity index (χ1) is 5.34. The SMILES string of the molecule is Nc1nccnc1OCCO. The van der Waals surface area contributed by atoms with Gasteiger partial charge in [-0.1, -0.05) is 0 Å². The van der Waals surface area contributed by atoms with Gasteiger partial charge in [0.25, 0.3) is 5.88 Å². The number of ether oxygens (including phenoxy) is 1. The Labute approximate surface area is 63.8 Å². The highest BCUT2D eigenvalue weighted by atomic mass is 16.5. The lowest BCUT2D eigenvalue weighted by Gasteiger charge is -2.03. The van der Waals surface area contributed by atoms with Crippen LogP contribution in [0.15, 0.2) is 12.4 Å². The summed E-state index contributed by atoms with van der Waals surface area (Å²) in [6.07, 6.45) is 2.95. The Morgan fingerprint density at radius 2 is 2.18 bits per heavy atom. The molecule has 0 aromatic carbocycles. The zero-order valence-corrected chi connectivity index (χ0v) is 5.90. The largest absolute Gasteiger partial charge is 0.473 e. The zero-order valence-electron chi connectivity index (χ0n) is 5.90. The van der Waals surface area contributed by atoms with Crippen LogP contribution in [0.5, 0.6) is 5.88 Å². The lowest BCUT2D eigenvalue weighted by molar-refractivity contribution is 0.197. The Balaban J connectivity index is 2.62. The monoisotopic (exact) mass is 155 g/mol. The van der Waals surface area contributed by atoms with Gasteiger partial charge in [-0.05, 0) is 0 Å². The van der Waals surface area contributed by atoms with E-state index in [-0.39, 0.29) is 24.9 Å². The molecule has 0 unspecified atom stereocenters. The molecule has 0 radical (unpaired) electrons. The van der Waals surface area contributed by atoms with Crippen LogP contribution in [-0.4, -0.2) is 28.3 Å². The first kappa shape index (κ1) is 7.74. The maximum Gasteiger partial charge on any atom is 0.257 e. The third-order valence-corrected chi connectivity index (χ3v) is 1.02. The normalized spacial score (nSPS) is 9.55. The number of aliphatic hydroxyl groups is 1. The van der Waals surface area contributed by atoms with E-state index in [0.717, 1.165) is 0 Å². The van der Waals surface area contributed by atoms with E-state index in [0.29, 0.717) is 0 Å². The van der Waals surface area contributed by atoms with Crippen LogP contribution >= 0.6 is 0 Å². The van der Waals surface area contributed by atoms with E-state index in [1.807, 2.05) is 0 Å². The highest BCUT2D eigenvalue weighted by molar-refractivity contribution is 5.38. The highest BCUT2D eigenvalue weighted by Gasteiger charge is 1.99. The van der Waals surface area contributed by atoms with E-state index < -0.39 is 0 Å². The third kappa shape index (κ3) is 2.05. The van der Waals surface area contributed by atoms with E-state index in [1.165, 1.54) is 12.4 Å². The van der Waals surface area contributed by atoms with Crippen LogP contribution in [0.25, 0.3) is 0 Å². The number of aromatic nitrogens is 2. The van der Waals surface area contributed by atoms with Crippen LogP contribution in [0.1, 0.15) is 0 Å². The molecule has 3 N–H and O–H groups in total. The number of nitrogen functional groups attached to an aromatic ring is 1. The van der Waals surface area contributed by atoms with Gasteiger partial charge in [0, 0.05) is 12.4 Å². The molecule has 0 amide bonds. The fourth-order valence-corrected chi connectivity index (χ4v) is 0.590. The lowest BCUT2D eigenvalue weighted by atomic mass is 10.6. The average Bonchev–Trinajstić information content (AvgIpc) is 2.03. The van der Waals surface area contributed by atoms with Gasteiger partial charge in [-0.2, -0.15) is 0 Å². The molecule has 0 fully saturated rings. The molecule has 1 rings (SSSR count). The van der Waals surface area contributed by atoms with Crippen molar-refractivity contribution in [2.45, 2.75) is 0 Å². The van der Waals surface area contributed by atoms with E-state index in [4.69, 9.17) is 15.6 Å². The summed E-state index contributed by atoms with van der Waals surface area (Å²) in [5.41, 5.74) is 5.38. The molecular formula is C6H9N3O2. The molecule has 0 saturated heterocycles. The Kier molecular flexibility index (Phi) is 2.62. The van der Waals surface area contributed by atoms with Crippen molar-refractivity contribution in [1.82, 2.24) is 9.97 Å². The molecule has 0 atom stereocenters. The number of nitrogens with zero attached hydrogens (tertiary/aromatic N) is 2. The Bertz CT molecular complexity index is 229. The molecule has 60 valence electrons. The van der Waals surface area contributed by atoms with Crippen molar-refractivity contribution >= 4 is 5.82 Å². The second-order valence-electron chi connectivity index (χ2n) is 1.82. The number of hydrogen-bond acceptors (Lipinski definition) is 5. The first-order valence-corrected chi connectivity index (χ1v) is 3.14. The summed E-state index contributed by atoms with van der Waals surface area (Å²) in [5.74, 6) is 0.502. The molecule has 0 aliphatic carbocycles. The number of hydrogen-bond donors (Lipinski definition) is 2. The van der Waals surface area contributed by atoms with Crippen molar-refractivity contribution < 1.29 is 9.84 Å². The topological polar surface area (TPSA) is 81.3 Å². The lowest BCUT2D eigenvalue weighted by Crippen LogP contribution is -2.06. The van der Waals surface area contributed by atoms with E-state index in [9.17, 15) is 0 Å². The van der Waals surface area contributed by atoms with Gasteiger partial charge < -0.3 is 15.6 Å². The molecule has 1 aromatic rings. The van der Waals surface area contributed by atoms with Gasteiger partial charge in [-0.15, -0.1) is 0 Å². The van der Waals surface area contributed by atoms with Gasteiger partial charge in [0.2, 0.25) is 0 Å². The standard InChI is InChI=1S/C6H9N3O2/c7-5-6(11-4-3-10)9-2-1-8-5/h1-2,10H,3-4H2,(H2,7,8). The van der Waals surface area contributed by atoms with Gasteiger partial charge in [-0.3, -0.25) is 0 Å². The molecular weight excluding hydrogens is 146 g/mol. The van der Waals surface area contributed by atoms with Gasteiger partial charge in [0.05, 0.1) is 6.61 Å². The average molecular weight is 155 g/mol. The molecule has 0 bridgehead atoms. The van der Waals surface area contributed by atoms with Gasteiger partial charge in [0.1, 0.15) is 6.61 Å². The Morgan fingerprint density at radius 3 is 2.82 bits per heavy atom. The number of aliphatic hydroxyl groups excluding tert-OH is 1. The molecule has 5 heteroatoms. The smallest absolute Gasteiger partial charge is 0.257 e. The minimum atomic E-state index is -0.0595. The van der Waals surface area contributed by atoms with Crippen molar-refractivity contribution in [1.29, 1.82) is 0 Å². The Hall–Kier alpha value is -1.36. The number of anilines is 1. The summed E-state index contributed by atoms with van der Waals surface area (Å²) in [6.45, 7) is 0.124. The quantitative estimate of drug-likeness (QED) is 0.610. The van der Waals surface area contributed by atoms with Gasteiger partial charge in [0.15, 0.2) is 5.82 Å². The van der Waals surface area contributed by atoms with Crippen molar-refractivity contribution in [3.05, 3.63) is 12.4 Å². The molecule has 0 saturated carbocycles. The summed E-state index contributed by atoms with van der Waals surface area (Å²) in [7, 11) is 0. The summed E-state index contributed by atoms with van der Waals surface area (Å²) in [5, 5.41) is 8.40. The van der Waals surface area contributed by atoms with Crippen LogP contribution < -0.4 is 10.5 Å². The minimum Gasteiger partial charge on any atom is -0.473 e. The van der Waals surface area contributed by atoms with Crippen LogP contribution in [-0.2, 0) is 0 Å². The molecule has 1 aromatic heterocycles. The van der Waals surface area contributed by atoms with Crippen LogP contribution in [0.4, 0.5) is 5.82 Å². The van der Waals surface area contributed by atoms with Crippen molar-refractivity contribution in [3.63, 3.8) is 0 Å². The fraction of sp³-hybridized carbons (Fsp3) is 0.333. The Morgan fingerprint density at radius 1 is 1.45 bits per heavy atom. The number of nitrogens with two attached hydrogens (primary N) is 1.